The topological polar surface area (TPSA) is 0 Å². The van der Waals surface area contributed by atoms with Crippen LogP contribution < -0.4 is 0 Å². The molecule has 0 spiro atoms. The summed E-state index contributed by atoms with van der Waals surface area (Å²) in [5.74, 6) is 0. The first-order valence-corrected chi connectivity index (χ1v) is 5.68. The van der Waals surface area contributed by atoms with E-state index in [1.165, 1.54) is 48.8 Å². The van der Waals surface area contributed by atoms with Gasteiger partial charge in [-0.05, 0) is 42.4 Å². The van der Waals surface area contributed by atoms with Crippen molar-refractivity contribution in [1.29, 1.82) is 0 Å². The molecule has 0 saturated heterocycles. The molecule has 0 heteroatoms. The van der Waals surface area contributed by atoms with Gasteiger partial charge in [0.05, 0.1) is 0 Å². The molecule has 2 rings (SSSR count). The Kier molecular flexibility index (Phi) is 3.03. The monoisotopic (exact) mass is 186 g/mol. The number of fused-ring (bicyclic) bond motifs is 1. The summed E-state index contributed by atoms with van der Waals surface area (Å²) in [6.07, 6.45) is 10.8. The van der Waals surface area contributed by atoms with Gasteiger partial charge in [-0.2, -0.15) is 0 Å². The summed E-state index contributed by atoms with van der Waals surface area (Å²) in [5.41, 5.74) is 4.47. The number of benzene rings is 1. The van der Waals surface area contributed by atoms with Gasteiger partial charge in [0.1, 0.15) is 0 Å². The van der Waals surface area contributed by atoms with E-state index in [2.05, 4.69) is 37.3 Å². The van der Waals surface area contributed by atoms with Crippen LogP contribution in [-0.4, -0.2) is 0 Å². The maximum atomic E-state index is 2.36. The molecule has 0 atom stereocenters. The van der Waals surface area contributed by atoms with E-state index in [0.29, 0.717) is 0 Å². The minimum absolute atomic E-state index is 1.21. The van der Waals surface area contributed by atoms with E-state index >= 15 is 0 Å². The van der Waals surface area contributed by atoms with Gasteiger partial charge in [0.2, 0.25) is 0 Å². The fourth-order valence-electron chi connectivity index (χ4n) is 2.01. The van der Waals surface area contributed by atoms with Crippen LogP contribution in [0.1, 0.15) is 42.9 Å². The van der Waals surface area contributed by atoms with E-state index in [-0.39, 0.29) is 0 Å². The first-order valence-electron chi connectivity index (χ1n) is 5.68. The highest BCUT2D eigenvalue weighted by molar-refractivity contribution is 5.57. The van der Waals surface area contributed by atoms with Crippen molar-refractivity contribution in [2.75, 3.05) is 0 Å². The van der Waals surface area contributed by atoms with Crippen molar-refractivity contribution in [2.24, 2.45) is 0 Å². The van der Waals surface area contributed by atoms with Gasteiger partial charge in [0.25, 0.3) is 0 Å². The minimum atomic E-state index is 1.21. The van der Waals surface area contributed by atoms with Crippen LogP contribution in [0.3, 0.4) is 0 Å². The number of allylic oxidation sites excluding steroid dienone is 1. The third kappa shape index (κ3) is 2.06. The van der Waals surface area contributed by atoms with E-state index < -0.39 is 0 Å². The first-order chi connectivity index (χ1) is 6.90. The molecule has 0 N–H and O–H groups in total. The van der Waals surface area contributed by atoms with E-state index in [1.54, 1.807) is 0 Å². The fraction of sp³-hybridized carbons (Fsp3) is 0.429. The predicted molar refractivity (Wildman–Crippen MR) is 62.4 cm³/mol. The minimum Gasteiger partial charge on any atom is -0.0836 e. The lowest BCUT2D eigenvalue weighted by Crippen LogP contribution is -1.95. The van der Waals surface area contributed by atoms with E-state index in [9.17, 15) is 0 Å². The average molecular weight is 186 g/mol. The summed E-state index contributed by atoms with van der Waals surface area (Å²) < 4.78 is 0. The molecule has 0 saturated carbocycles. The van der Waals surface area contributed by atoms with Crippen molar-refractivity contribution in [1.82, 2.24) is 0 Å². The Morgan fingerprint density at radius 1 is 1.29 bits per heavy atom. The normalized spacial score (nSPS) is 14.1. The van der Waals surface area contributed by atoms with E-state index in [4.69, 9.17) is 0 Å². The van der Waals surface area contributed by atoms with Crippen LogP contribution in [0.2, 0.25) is 0 Å². The number of unbranched alkanes of at least 4 members (excludes halogenated alkanes) is 1. The third-order valence-electron chi connectivity index (χ3n) is 2.91. The Morgan fingerprint density at radius 3 is 3.07 bits per heavy atom. The van der Waals surface area contributed by atoms with Crippen LogP contribution in [0.15, 0.2) is 24.3 Å². The fourth-order valence-corrected chi connectivity index (χ4v) is 2.01. The molecule has 1 aromatic carbocycles. The zero-order valence-electron chi connectivity index (χ0n) is 8.92. The molecular weight excluding hydrogens is 168 g/mol. The van der Waals surface area contributed by atoms with Crippen molar-refractivity contribution < 1.29 is 0 Å². The van der Waals surface area contributed by atoms with E-state index in [0.717, 1.165) is 0 Å². The van der Waals surface area contributed by atoms with Crippen LogP contribution in [0.25, 0.3) is 6.08 Å². The first kappa shape index (κ1) is 9.51. The molecule has 0 heterocycles. The summed E-state index contributed by atoms with van der Waals surface area (Å²) in [5, 5.41) is 0. The van der Waals surface area contributed by atoms with Gasteiger partial charge < -0.3 is 0 Å². The highest BCUT2D eigenvalue weighted by Crippen LogP contribution is 2.21. The SMILES string of the molecule is CCCCc1ccc2c(c1)C=CCC2. The molecule has 14 heavy (non-hydrogen) atoms. The average Bonchev–Trinajstić information content (AvgIpc) is 2.26. The quantitative estimate of drug-likeness (QED) is 0.669. The number of hydrogen-bond acceptors (Lipinski definition) is 0. The molecule has 74 valence electrons. The van der Waals surface area contributed by atoms with Gasteiger partial charge in [0.15, 0.2) is 0 Å². The summed E-state index contributed by atoms with van der Waals surface area (Å²) in [7, 11) is 0. The van der Waals surface area contributed by atoms with Crippen molar-refractivity contribution >= 4 is 6.08 Å². The Bertz CT molecular complexity index is 334. The van der Waals surface area contributed by atoms with Gasteiger partial charge in [0, 0.05) is 0 Å². The van der Waals surface area contributed by atoms with Gasteiger partial charge in [-0.25, -0.2) is 0 Å². The maximum absolute atomic E-state index is 2.36. The zero-order chi connectivity index (χ0) is 9.80. The molecule has 0 bridgehead atoms. The lowest BCUT2D eigenvalue weighted by Gasteiger charge is -2.11. The molecule has 0 fully saturated rings. The molecule has 1 aliphatic carbocycles. The van der Waals surface area contributed by atoms with Gasteiger partial charge in [-0.3, -0.25) is 0 Å². The largest absolute Gasteiger partial charge is 0.0836 e. The second kappa shape index (κ2) is 4.45. The molecule has 0 aromatic heterocycles. The Hall–Kier alpha value is -1.04. The Balaban J connectivity index is 2.18. The summed E-state index contributed by atoms with van der Waals surface area (Å²) in [6, 6.07) is 6.97. The molecule has 0 radical (unpaired) electrons. The Morgan fingerprint density at radius 2 is 2.21 bits per heavy atom. The molecule has 1 aromatic rings. The van der Waals surface area contributed by atoms with Crippen LogP contribution in [0.4, 0.5) is 0 Å². The molecule has 0 unspecified atom stereocenters. The maximum Gasteiger partial charge on any atom is -0.0225 e. The highest BCUT2D eigenvalue weighted by Gasteiger charge is 2.04. The predicted octanol–water partition coefficient (Wildman–Crippen LogP) is 3.99. The smallest absolute Gasteiger partial charge is 0.0225 e. The summed E-state index contributed by atoms with van der Waals surface area (Å²) in [4.78, 5) is 0. The summed E-state index contributed by atoms with van der Waals surface area (Å²) in [6.45, 7) is 2.25. The van der Waals surface area contributed by atoms with Crippen LogP contribution in [0.5, 0.6) is 0 Å². The molecule has 0 aliphatic heterocycles. The second-order valence-corrected chi connectivity index (χ2v) is 4.08. The third-order valence-corrected chi connectivity index (χ3v) is 2.91. The Labute approximate surface area is 86.7 Å². The van der Waals surface area contributed by atoms with Crippen LogP contribution in [0, 0.1) is 0 Å². The van der Waals surface area contributed by atoms with Gasteiger partial charge in [-0.15, -0.1) is 0 Å². The lowest BCUT2D eigenvalue weighted by molar-refractivity contribution is 0.794. The second-order valence-electron chi connectivity index (χ2n) is 4.08. The highest BCUT2D eigenvalue weighted by atomic mass is 14.1. The number of aryl methyl sites for hydroxylation is 2. The lowest BCUT2D eigenvalue weighted by atomic mass is 9.94. The van der Waals surface area contributed by atoms with Crippen LogP contribution in [-0.2, 0) is 12.8 Å². The number of hydrogen-bond donors (Lipinski definition) is 0. The molecule has 1 aliphatic rings. The van der Waals surface area contributed by atoms with Crippen molar-refractivity contribution in [2.45, 2.75) is 39.0 Å². The standard InChI is InChI=1S/C14H18/c1-2-3-6-12-9-10-13-7-4-5-8-14(13)11-12/h5,8-11H,2-4,6-7H2,1H3. The molecule has 0 amide bonds. The summed E-state index contributed by atoms with van der Waals surface area (Å²) >= 11 is 0. The number of rotatable bonds is 3. The molecule has 0 nitrogen and oxygen atoms in total. The molecular formula is C14H18. The van der Waals surface area contributed by atoms with E-state index in [1.807, 2.05) is 0 Å². The van der Waals surface area contributed by atoms with Gasteiger partial charge in [-0.1, -0.05) is 43.7 Å². The van der Waals surface area contributed by atoms with Crippen molar-refractivity contribution in [3.63, 3.8) is 0 Å². The zero-order valence-corrected chi connectivity index (χ0v) is 8.92. The van der Waals surface area contributed by atoms with Gasteiger partial charge >= 0.3 is 0 Å². The van der Waals surface area contributed by atoms with Crippen LogP contribution >= 0.6 is 0 Å². The van der Waals surface area contributed by atoms with Crippen molar-refractivity contribution in [3.8, 4) is 0 Å². The van der Waals surface area contributed by atoms with Crippen molar-refractivity contribution in [3.05, 3.63) is 41.0 Å².